The molecule has 1 aliphatic rings. The summed E-state index contributed by atoms with van der Waals surface area (Å²) < 4.78 is -0.209. The summed E-state index contributed by atoms with van der Waals surface area (Å²) in [6.45, 7) is 6.23. The van der Waals surface area contributed by atoms with Crippen LogP contribution in [0.4, 0.5) is 10.8 Å². The Labute approximate surface area is 172 Å². The maximum Gasteiger partial charge on any atom is 0.252 e. The predicted molar refractivity (Wildman–Crippen MR) is 116 cm³/mol. The molecule has 0 aliphatic carbocycles. The largest absolute Gasteiger partial charge is 0.310 e. The average Bonchev–Trinajstić information content (AvgIpc) is 3.10. The van der Waals surface area contributed by atoms with Crippen LogP contribution in [0.2, 0.25) is 0 Å². The zero-order chi connectivity index (χ0) is 19.9. The molecule has 0 radical (unpaired) electrons. The number of aryl methyl sites for hydroxylation is 1. The van der Waals surface area contributed by atoms with E-state index in [1.807, 2.05) is 43.3 Å². The molecule has 0 bridgehead atoms. The van der Waals surface area contributed by atoms with Gasteiger partial charge in [0.05, 0.1) is 15.9 Å². The van der Waals surface area contributed by atoms with Crippen LogP contribution in [0.25, 0.3) is 10.2 Å². The van der Waals surface area contributed by atoms with Crippen molar-refractivity contribution in [1.29, 1.82) is 0 Å². The fourth-order valence-corrected chi connectivity index (χ4v) is 5.45. The number of thiazole rings is 1. The highest BCUT2D eigenvalue weighted by Gasteiger charge is 2.49. The molecule has 0 saturated heterocycles. The third-order valence-corrected chi connectivity index (χ3v) is 7.22. The number of carbonyl (C=O) groups excluding carboxylic acids is 2. The number of rotatable bonds is 4. The average molecular weight is 412 g/mol. The third kappa shape index (κ3) is 3.08. The molecule has 1 aliphatic heterocycles. The van der Waals surface area contributed by atoms with Gasteiger partial charge in [0.2, 0.25) is 0 Å². The van der Waals surface area contributed by atoms with Gasteiger partial charge in [0.1, 0.15) is 0 Å². The van der Waals surface area contributed by atoms with Crippen molar-refractivity contribution in [3.8, 4) is 0 Å². The highest BCUT2D eigenvalue weighted by molar-refractivity contribution is 8.02. The maximum absolute atomic E-state index is 13.2. The van der Waals surface area contributed by atoms with Crippen LogP contribution < -0.4 is 10.2 Å². The Morgan fingerprint density at radius 3 is 2.75 bits per heavy atom. The van der Waals surface area contributed by atoms with Crippen LogP contribution in [-0.4, -0.2) is 28.1 Å². The lowest BCUT2D eigenvalue weighted by Crippen LogP contribution is -2.54. The van der Waals surface area contributed by atoms with Gasteiger partial charge in [0, 0.05) is 11.4 Å². The van der Waals surface area contributed by atoms with Gasteiger partial charge in [-0.3, -0.25) is 9.59 Å². The highest BCUT2D eigenvalue weighted by Crippen LogP contribution is 2.45. The summed E-state index contributed by atoms with van der Waals surface area (Å²) in [7, 11) is 0. The van der Waals surface area contributed by atoms with E-state index in [4.69, 9.17) is 0 Å². The van der Waals surface area contributed by atoms with Crippen LogP contribution in [0.1, 0.15) is 26.3 Å². The lowest BCUT2D eigenvalue weighted by atomic mass is 10.1. The molecule has 1 unspecified atom stereocenters. The molecule has 1 atom stereocenters. The van der Waals surface area contributed by atoms with Crippen LogP contribution in [0, 0.1) is 0 Å². The minimum atomic E-state index is -1.24. The fourth-order valence-electron chi connectivity index (χ4n) is 3.31. The first kappa shape index (κ1) is 19.0. The molecule has 28 heavy (non-hydrogen) atoms. The molecule has 2 amide bonds. The molecule has 0 saturated carbocycles. The number of thioether (sulfide) groups is 1. The third-order valence-electron chi connectivity index (χ3n) is 4.95. The van der Waals surface area contributed by atoms with Crippen molar-refractivity contribution in [2.24, 2.45) is 0 Å². The van der Waals surface area contributed by atoms with Crippen molar-refractivity contribution >= 4 is 55.9 Å². The van der Waals surface area contributed by atoms with Gasteiger partial charge in [-0.05, 0) is 50.1 Å². The number of benzene rings is 2. The first-order valence-electron chi connectivity index (χ1n) is 9.27. The minimum absolute atomic E-state index is 0.203. The van der Waals surface area contributed by atoms with E-state index in [9.17, 15) is 9.59 Å². The van der Waals surface area contributed by atoms with E-state index in [0.29, 0.717) is 11.7 Å². The fraction of sp³-hybridized carbons (Fsp3) is 0.286. The van der Waals surface area contributed by atoms with E-state index < -0.39 is 4.75 Å². The first-order valence-corrected chi connectivity index (χ1v) is 10.9. The molecular formula is C21H21N3O2S2. The molecule has 0 spiro atoms. The van der Waals surface area contributed by atoms with E-state index in [-0.39, 0.29) is 11.8 Å². The molecule has 1 aromatic heterocycles. The van der Waals surface area contributed by atoms with Gasteiger partial charge in [-0.1, -0.05) is 48.2 Å². The van der Waals surface area contributed by atoms with Crippen molar-refractivity contribution < 1.29 is 9.59 Å². The van der Waals surface area contributed by atoms with Crippen molar-refractivity contribution in [2.45, 2.75) is 36.8 Å². The second kappa shape index (κ2) is 7.22. The van der Waals surface area contributed by atoms with Crippen molar-refractivity contribution in [1.82, 2.24) is 4.98 Å². The molecule has 2 heterocycles. The molecule has 2 aromatic carbocycles. The lowest BCUT2D eigenvalue weighted by molar-refractivity contribution is -0.128. The molecule has 144 valence electrons. The Hall–Kier alpha value is -2.38. The van der Waals surface area contributed by atoms with Crippen LogP contribution >= 0.6 is 23.1 Å². The molecule has 3 aromatic rings. The van der Waals surface area contributed by atoms with Crippen LogP contribution in [0.3, 0.4) is 0 Å². The van der Waals surface area contributed by atoms with Crippen LogP contribution in [0.15, 0.2) is 47.4 Å². The number of anilines is 2. The summed E-state index contributed by atoms with van der Waals surface area (Å²) in [5.41, 5.74) is 2.94. The van der Waals surface area contributed by atoms with E-state index in [1.54, 1.807) is 11.8 Å². The van der Waals surface area contributed by atoms with Gasteiger partial charge < -0.3 is 10.2 Å². The summed E-state index contributed by atoms with van der Waals surface area (Å²) in [6.07, 6.45) is 0.949. The Morgan fingerprint density at radius 1 is 1.21 bits per heavy atom. The Balaban J connectivity index is 1.64. The van der Waals surface area contributed by atoms with E-state index >= 15 is 0 Å². The molecule has 1 N–H and O–H groups in total. The summed E-state index contributed by atoms with van der Waals surface area (Å²) in [4.78, 5) is 33.4. The summed E-state index contributed by atoms with van der Waals surface area (Å²) in [5, 5.41) is 3.40. The monoisotopic (exact) mass is 411 g/mol. The number of hydrogen-bond donors (Lipinski definition) is 1. The number of fused-ring (bicyclic) bond motifs is 2. The molecule has 7 heteroatoms. The summed E-state index contributed by atoms with van der Waals surface area (Å²) >= 11 is 2.73. The number of amides is 2. The predicted octanol–water partition coefficient (Wildman–Crippen LogP) is 4.71. The van der Waals surface area contributed by atoms with Gasteiger partial charge in [0.15, 0.2) is 9.88 Å². The van der Waals surface area contributed by atoms with Crippen LogP contribution in [0.5, 0.6) is 0 Å². The highest BCUT2D eigenvalue weighted by atomic mass is 32.2. The van der Waals surface area contributed by atoms with Crippen molar-refractivity contribution in [3.05, 3.63) is 48.0 Å². The van der Waals surface area contributed by atoms with Crippen LogP contribution in [-0.2, 0) is 16.0 Å². The standard InChI is InChI=1S/C21H21N3O2S2/c1-4-13-10-11-14-17(12-13)27-20(22-14)23-18(25)21(3)19(26)24(5-2)15-8-6-7-9-16(15)28-21/h6-12H,4-5H2,1-3H3,(H,22,23,25). The Kier molecular flexibility index (Phi) is 4.89. The normalized spacial score (nSPS) is 19.0. The number of carbonyl (C=O) groups is 2. The Morgan fingerprint density at radius 2 is 2.00 bits per heavy atom. The molecule has 5 nitrogen and oxygen atoms in total. The van der Waals surface area contributed by atoms with Gasteiger partial charge in [0.25, 0.3) is 11.8 Å². The molecular weight excluding hydrogens is 390 g/mol. The number of hydrogen-bond acceptors (Lipinski definition) is 5. The van der Waals surface area contributed by atoms with E-state index in [2.05, 4.69) is 23.3 Å². The lowest BCUT2D eigenvalue weighted by Gasteiger charge is -2.38. The molecule has 4 rings (SSSR count). The zero-order valence-electron chi connectivity index (χ0n) is 16.0. The number of aromatic nitrogens is 1. The number of nitrogens with zero attached hydrogens (tertiary/aromatic N) is 2. The quantitative estimate of drug-likeness (QED) is 0.631. The number of para-hydroxylation sites is 1. The second-order valence-corrected chi connectivity index (χ2v) is 9.27. The number of nitrogens with one attached hydrogen (secondary N) is 1. The smallest absolute Gasteiger partial charge is 0.252 e. The van der Waals surface area contributed by atoms with Crippen molar-refractivity contribution in [2.75, 3.05) is 16.8 Å². The summed E-state index contributed by atoms with van der Waals surface area (Å²) in [5.74, 6) is -0.546. The zero-order valence-corrected chi connectivity index (χ0v) is 17.6. The Bertz CT molecular complexity index is 1080. The van der Waals surface area contributed by atoms with Gasteiger partial charge >= 0.3 is 0 Å². The van der Waals surface area contributed by atoms with Gasteiger partial charge in [-0.25, -0.2) is 4.98 Å². The minimum Gasteiger partial charge on any atom is -0.310 e. The van der Waals surface area contributed by atoms with Crippen molar-refractivity contribution in [3.63, 3.8) is 0 Å². The SMILES string of the molecule is CCc1ccc2nc(NC(=O)C3(C)Sc4ccccc4N(CC)C3=O)sc2c1. The first-order chi connectivity index (χ1) is 13.5. The van der Waals surface area contributed by atoms with E-state index in [1.165, 1.54) is 28.7 Å². The second-order valence-electron chi connectivity index (χ2n) is 6.78. The summed E-state index contributed by atoms with van der Waals surface area (Å²) in [6, 6.07) is 13.8. The van der Waals surface area contributed by atoms with E-state index in [0.717, 1.165) is 27.2 Å². The van der Waals surface area contributed by atoms with Gasteiger partial charge in [-0.2, -0.15) is 0 Å². The topological polar surface area (TPSA) is 62.3 Å². The molecule has 0 fully saturated rings. The maximum atomic E-state index is 13.2. The van der Waals surface area contributed by atoms with Gasteiger partial charge in [-0.15, -0.1) is 0 Å².